The number of esters is 1. The van der Waals surface area contributed by atoms with Crippen LogP contribution in [0.25, 0.3) is 0 Å². The molecule has 11 heavy (non-hydrogen) atoms. The highest BCUT2D eigenvalue weighted by Crippen LogP contribution is 1.91. The number of thiol groups is 1. The second-order valence-electron chi connectivity index (χ2n) is 1.88. The number of carbonyl (C=O) groups is 1. The lowest BCUT2D eigenvalue weighted by Gasteiger charge is -2.11. The summed E-state index contributed by atoms with van der Waals surface area (Å²) in [4.78, 5) is 11.0. The van der Waals surface area contributed by atoms with Crippen LogP contribution in [0.15, 0.2) is 0 Å². The van der Waals surface area contributed by atoms with Crippen LogP contribution < -0.4 is 5.32 Å². The van der Waals surface area contributed by atoms with Crippen molar-refractivity contribution >= 4 is 30.2 Å². The molecule has 1 N–H and O–H groups in total. The highest BCUT2D eigenvalue weighted by atomic mass is 35.5. The van der Waals surface area contributed by atoms with E-state index in [-0.39, 0.29) is 18.6 Å². The van der Waals surface area contributed by atoms with Gasteiger partial charge >= 0.3 is 5.97 Å². The zero-order valence-electron chi connectivity index (χ0n) is 6.34. The fourth-order valence-corrected chi connectivity index (χ4v) is 0.932. The number of rotatable bonds is 5. The van der Waals surface area contributed by atoms with Gasteiger partial charge in [0.05, 0.1) is 5.88 Å². The zero-order valence-corrected chi connectivity index (χ0v) is 7.99. The first-order valence-electron chi connectivity index (χ1n) is 3.27. The summed E-state index contributed by atoms with van der Waals surface area (Å²) in [6, 6.07) is -0.332. The van der Waals surface area contributed by atoms with Crippen molar-refractivity contribution in [3.63, 3.8) is 0 Å². The standard InChI is InChI=1S/C6H12ClNO2S/c1-8-5(4-11)6(9)10-3-2-7/h5,8,11H,2-4H2,1H3/t5-/m0/s1. The van der Waals surface area contributed by atoms with E-state index < -0.39 is 0 Å². The second-order valence-corrected chi connectivity index (χ2v) is 2.62. The summed E-state index contributed by atoms with van der Waals surface area (Å²) in [5, 5.41) is 2.77. The van der Waals surface area contributed by atoms with Crippen molar-refractivity contribution in [2.24, 2.45) is 0 Å². The third-order valence-corrected chi connectivity index (χ3v) is 1.66. The molecular formula is C6H12ClNO2S. The summed E-state index contributed by atoms with van der Waals surface area (Å²) >= 11 is 9.28. The quantitative estimate of drug-likeness (QED) is 0.378. The molecule has 0 aromatic rings. The molecule has 0 unspecified atom stereocenters. The second kappa shape index (κ2) is 6.76. The van der Waals surface area contributed by atoms with Crippen molar-refractivity contribution < 1.29 is 9.53 Å². The minimum absolute atomic E-state index is 0.256. The highest BCUT2D eigenvalue weighted by molar-refractivity contribution is 7.80. The highest BCUT2D eigenvalue weighted by Gasteiger charge is 2.14. The Kier molecular flexibility index (Phi) is 6.80. The van der Waals surface area contributed by atoms with Gasteiger partial charge in [-0.05, 0) is 7.05 Å². The Labute approximate surface area is 76.8 Å². The van der Waals surface area contributed by atoms with Crippen molar-refractivity contribution in [1.82, 2.24) is 5.32 Å². The number of halogens is 1. The Hall–Kier alpha value is 0.0700. The Morgan fingerprint density at radius 1 is 1.82 bits per heavy atom. The molecule has 0 saturated heterocycles. The van der Waals surface area contributed by atoms with Crippen molar-refractivity contribution in [1.29, 1.82) is 0 Å². The van der Waals surface area contributed by atoms with E-state index in [9.17, 15) is 4.79 Å². The average molecular weight is 198 g/mol. The predicted octanol–water partition coefficient (Wildman–Crippen LogP) is 0.286. The molecule has 0 bridgehead atoms. The lowest BCUT2D eigenvalue weighted by Crippen LogP contribution is -2.37. The molecule has 0 saturated carbocycles. The van der Waals surface area contributed by atoms with Crippen LogP contribution >= 0.6 is 24.2 Å². The molecule has 5 heteroatoms. The van der Waals surface area contributed by atoms with Gasteiger partial charge in [-0.1, -0.05) is 0 Å². The molecule has 0 aliphatic carbocycles. The van der Waals surface area contributed by atoms with Gasteiger partial charge in [-0.15, -0.1) is 11.6 Å². The van der Waals surface area contributed by atoms with E-state index in [1.54, 1.807) is 7.05 Å². The first-order chi connectivity index (χ1) is 5.26. The molecule has 0 radical (unpaired) electrons. The minimum Gasteiger partial charge on any atom is -0.463 e. The van der Waals surface area contributed by atoms with Crippen molar-refractivity contribution in [3.8, 4) is 0 Å². The number of hydrogen-bond acceptors (Lipinski definition) is 4. The lowest BCUT2D eigenvalue weighted by atomic mass is 10.3. The van der Waals surface area contributed by atoms with Crippen molar-refractivity contribution in [2.45, 2.75) is 6.04 Å². The van der Waals surface area contributed by atoms with Gasteiger partial charge in [0.25, 0.3) is 0 Å². The molecule has 0 heterocycles. The average Bonchev–Trinajstić information content (AvgIpc) is 2.03. The lowest BCUT2D eigenvalue weighted by molar-refractivity contribution is -0.144. The Bertz CT molecular complexity index is 119. The zero-order chi connectivity index (χ0) is 8.69. The van der Waals surface area contributed by atoms with E-state index in [1.165, 1.54) is 0 Å². The molecule has 0 aliphatic heterocycles. The van der Waals surface area contributed by atoms with Crippen LogP contribution in [0.5, 0.6) is 0 Å². The Balaban J connectivity index is 3.61. The minimum atomic E-state index is -0.332. The molecule has 3 nitrogen and oxygen atoms in total. The van der Waals surface area contributed by atoms with Gasteiger partial charge in [-0.2, -0.15) is 12.6 Å². The van der Waals surface area contributed by atoms with Crippen LogP contribution in [0.1, 0.15) is 0 Å². The van der Waals surface area contributed by atoms with E-state index in [2.05, 4.69) is 17.9 Å². The predicted molar refractivity (Wildman–Crippen MR) is 48.4 cm³/mol. The SMILES string of the molecule is CN[C@@H](CS)C(=O)OCCCl. The normalized spacial score (nSPS) is 12.6. The first-order valence-corrected chi connectivity index (χ1v) is 4.43. The molecule has 0 spiro atoms. The van der Waals surface area contributed by atoms with E-state index >= 15 is 0 Å². The van der Waals surface area contributed by atoms with Gasteiger partial charge in [0.1, 0.15) is 12.6 Å². The van der Waals surface area contributed by atoms with Crippen LogP contribution in [0, 0.1) is 0 Å². The van der Waals surface area contributed by atoms with Gasteiger partial charge in [0.15, 0.2) is 0 Å². The number of alkyl halides is 1. The van der Waals surface area contributed by atoms with Gasteiger partial charge in [-0.3, -0.25) is 4.79 Å². The van der Waals surface area contributed by atoms with Gasteiger partial charge in [0.2, 0.25) is 0 Å². The summed E-state index contributed by atoms with van der Waals surface area (Å²) in [7, 11) is 1.68. The topological polar surface area (TPSA) is 38.3 Å². The maximum absolute atomic E-state index is 11.0. The smallest absolute Gasteiger partial charge is 0.324 e. The summed E-state index contributed by atoms with van der Waals surface area (Å²) in [5.41, 5.74) is 0. The number of ether oxygens (including phenoxy) is 1. The Morgan fingerprint density at radius 3 is 2.82 bits per heavy atom. The van der Waals surface area contributed by atoms with Gasteiger partial charge in [-0.25, -0.2) is 0 Å². The number of likely N-dealkylation sites (N-methyl/N-ethyl adjacent to an activating group) is 1. The van der Waals surface area contributed by atoms with Crippen molar-refractivity contribution in [2.75, 3.05) is 25.3 Å². The molecule has 0 aromatic carbocycles. The van der Waals surface area contributed by atoms with E-state index in [0.717, 1.165) is 0 Å². The molecule has 0 aliphatic rings. The van der Waals surface area contributed by atoms with E-state index in [1.807, 2.05) is 0 Å². The number of nitrogens with one attached hydrogen (secondary N) is 1. The number of carbonyl (C=O) groups excluding carboxylic acids is 1. The van der Waals surface area contributed by atoms with Gasteiger partial charge in [0, 0.05) is 5.75 Å². The fourth-order valence-electron chi connectivity index (χ4n) is 0.523. The van der Waals surface area contributed by atoms with Crippen LogP contribution in [0.2, 0.25) is 0 Å². The molecular weight excluding hydrogens is 186 g/mol. The molecule has 0 fully saturated rings. The third kappa shape index (κ3) is 4.50. The summed E-state index contributed by atoms with van der Waals surface area (Å²) in [6.45, 7) is 0.256. The summed E-state index contributed by atoms with van der Waals surface area (Å²) < 4.78 is 4.75. The first kappa shape index (κ1) is 11.1. The van der Waals surface area contributed by atoms with E-state index in [0.29, 0.717) is 11.6 Å². The van der Waals surface area contributed by atoms with Crippen LogP contribution in [-0.2, 0) is 9.53 Å². The largest absolute Gasteiger partial charge is 0.463 e. The fraction of sp³-hybridized carbons (Fsp3) is 0.833. The van der Waals surface area contributed by atoms with E-state index in [4.69, 9.17) is 16.3 Å². The maximum atomic E-state index is 11.0. The van der Waals surface area contributed by atoms with Crippen molar-refractivity contribution in [3.05, 3.63) is 0 Å². The monoisotopic (exact) mass is 197 g/mol. The third-order valence-electron chi connectivity index (χ3n) is 1.14. The number of hydrogen-bond donors (Lipinski definition) is 2. The maximum Gasteiger partial charge on any atom is 0.324 e. The molecule has 0 amide bonds. The molecule has 0 rings (SSSR count). The van der Waals surface area contributed by atoms with Gasteiger partial charge < -0.3 is 10.1 Å². The molecule has 0 aromatic heterocycles. The van der Waals surface area contributed by atoms with Crippen LogP contribution in [0.3, 0.4) is 0 Å². The Morgan fingerprint density at radius 2 is 2.45 bits per heavy atom. The molecule has 1 atom stereocenters. The van der Waals surface area contributed by atoms with Crippen LogP contribution in [-0.4, -0.2) is 37.3 Å². The summed E-state index contributed by atoms with van der Waals surface area (Å²) in [6.07, 6.45) is 0. The molecule has 66 valence electrons. The summed E-state index contributed by atoms with van der Waals surface area (Å²) in [5.74, 6) is 0.454. The van der Waals surface area contributed by atoms with Crippen LogP contribution in [0.4, 0.5) is 0 Å².